The second-order valence-corrected chi connectivity index (χ2v) is 10.6. The topological polar surface area (TPSA) is 26.0 Å². The number of para-hydroxylation sites is 2. The van der Waals surface area contributed by atoms with Gasteiger partial charge in [0.05, 0.1) is 0 Å². The Kier molecular flexibility index (Phi) is 5.68. The number of oxazole rings is 1. The van der Waals surface area contributed by atoms with Gasteiger partial charge in [-0.25, -0.2) is 9.37 Å². The van der Waals surface area contributed by atoms with Gasteiger partial charge < -0.3 is 4.42 Å². The average Bonchev–Trinajstić information content (AvgIpc) is 3.49. The first kappa shape index (κ1) is 24.3. The van der Waals surface area contributed by atoms with Gasteiger partial charge in [0.25, 0.3) is 0 Å². The summed E-state index contributed by atoms with van der Waals surface area (Å²) in [5.74, 6) is 0.415. The predicted octanol–water partition coefficient (Wildman–Crippen LogP) is 10.9. The predicted molar refractivity (Wildman–Crippen MR) is 171 cm³/mol. The Morgan fingerprint density at radius 2 is 0.810 bits per heavy atom. The number of benzene rings is 7. The van der Waals surface area contributed by atoms with E-state index in [4.69, 9.17) is 4.42 Å². The zero-order chi connectivity index (χ0) is 28.0. The summed E-state index contributed by atoms with van der Waals surface area (Å²) in [5, 5.41) is 4.73. The maximum absolute atomic E-state index is 13.3. The summed E-state index contributed by atoms with van der Waals surface area (Å²) >= 11 is 0. The molecule has 0 unspecified atom stereocenters. The summed E-state index contributed by atoms with van der Waals surface area (Å²) < 4.78 is 19.3. The first-order valence-corrected chi connectivity index (χ1v) is 14.0. The van der Waals surface area contributed by atoms with Crippen molar-refractivity contribution in [2.75, 3.05) is 0 Å². The fraction of sp³-hybridized carbons (Fsp3) is 0. The summed E-state index contributed by atoms with van der Waals surface area (Å²) in [6.45, 7) is 0. The molecule has 3 heteroatoms. The third kappa shape index (κ3) is 4.42. The van der Waals surface area contributed by atoms with E-state index in [1.165, 1.54) is 45.0 Å². The Balaban J connectivity index is 1.06. The van der Waals surface area contributed by atoms with E-state index >= 15 is 0 Å². The van der Waals surface area contributed by atoms with Crippen LogP contribution in [0.25, 0.3) is 77.5 Å². The molecular weight excluding hydrogens is 517 g/mol. The largest absolute Gasteiger partial charge is 0.436 e. The molecule has 1 heterocycles. The second kappa shape index (κ2) is 9.83. The molecule has 7 aromatic carbocycles. The fourth-order valence-electron chi connectivity index (χ4n) is 5.65. The van der Waals surface area contributed by atoms with Gasteiger partial charge in [0.1, 0.15) is 11.3 Å². The molecule has 2 nitrogen and oxygen atoms in total. The van der Waals surface area contributed by atoms with Crippen molar-refractivity contribution in [3.05, 3.63) is 151 Å². The maximum atomic E-state index is 13.3. The standard InChI is InChI=1S/C39H24FNO/c40-36-19-17-26(18-20-36)29-10-12-33-24-35(16-14-31(33)22-29)34-15-13-30-21-28(9-11-32(30)23-34)25-5-7-27(8-6-25)39-41-37-3-1-2-4-38(37)42-39/h1-24H. The van der Waals surface area contributed by atoms with Crippen LogP contribution in [-0.2, 0) is 0 Å². The number of rotatable bonds is 4. The molecule has 0 amide bonds. The highest BCUT2D eigenvalue weighted by atomic mass is 19.1. The van der Waals surface area contributed by atoms with Crippen LogP contribution in [0.3, 0.4) is 0 Å². The van der Waals surface area contributed by atoms with E-state index in [0.717, 1.165) is 38.7 Å². The lowest BCUT2D eigenvalue weighted by Crippen LogP contribution is -1.84. The lowest BCUT2D eigenvalue weighted by atomic mass is 9.95. The summed E-state index contributed by atoms with van der Waals surface area (Å²) in [5.41, 5.74) is 9.39. The number of hydrogen-bond acceptors (Lipinski definition) is 2. The molecule has 8 aromatic rings. The summed E-state index contributed by atoms with van der Waals surface area (Å²) in [6.07, 6.45) is 0. The van der Waals surface area contributed by atoms with Crippen LogP contribution < -0.4 is 0 Å². The van der Waals surface area contributed by atoms with Crippen molar-refractivity contribution in [2.45, 2.75) is 0 Å². The molecule has 0 saturated heterocycles. The highest BCUT2D eigenvalue weighted by molar-refractivity contribution is 5.94. The van der Waals surface area contributed by atoms with E-state index < -0.39 is 0 Å². The highest BCUT2D eigenvalue weighted by Crippen LogP contribution is 2.33. The van der Waals surface area contributed by atoms with E-state index in [2.05, 4.69) is 102 Å². The molecule has 0 aliphatic heterocycles. The minimum atomic E-state index is -0.220. The van der Waals surface area contributed by atoms with Crippen molar-refractivity contribution in [1.29, 1.82) is 0 Å². The Morgan fingerprint density at radius 1 is 0.405 bits per heavy atom. The summed E-state index contributed by atoms with van der Waals surface area (Å²) in [4.78, 5) is 4.62. The first-order chi connectivity index (χ1) is 20.7. The van der Waals surface area contributed by atoms with Crippen molar-refractivity contribution in [3.63, 3.8) is 0 Å². The van der Waals surface area contributed by atoms with Crippen LogP contribution >= 0.6 is 0 Å². The van der Waals surface area contributed by atoms with Gasteiger partial charge in [-0.15, -0.1) is 0 Å². The second-order valence-electron chi connectivity index (χ2n) is 10.6. The van der Waals surface area contributed by atoms with Crippen LogP contribution in [0.1, 0.15) is 0 Å². The molecule has 0 fully saturated rings. The Labute approximate surface area is 242 Å². The molecule has 0 spiro atoms. The quantitative estimate of drug-likeness (QED) is 0.221. The van der Waals surface area contributed by atoms with Crippen LogP contribution in [0, 0.1) is 5.82 Å². The van der Waals surface area contributed by atoms with Crippen LogP contribution in [0.5, 0.6) is 0 Å². The Hall–Kier alpha value is -5.54. The molecule has 0 aliphatic rings. The van der Waals surface area contributed by atoms with Crippen molar-refractivity contribution in [2.24, 2.45) is 0 Å². The van der Waals surface area contributed by atoms with Crippen LogP contribution in [0.4, 0.5) is 4.39 Å². The minimum Gasteiger partial charge on any atom is -0.436 e. The van der Waals surface area contributed by atoms with E-state index in [9.17, 15) is 4.39 Å². The highest BCUT2D eigenvalue weighted by Gasteiger charge is 2.09. The van der Waals surface area contributed by atoms with E-state index in [0.29, 0.717) is 5.89 Å². The number of halogens is 1. The lowest BCUT2D eigenvalue weighted by Gasteiger charge is -2.09. The monoisotopic (exact) mass is 541 g/mol. The van der Waals surface area contributed by atoms with E-state index in [-0.39, 0.29) is 5.82 Å². The molecule has 1 aromatic heterocycles. The van der Waals surface area contributed by atoms with Gasteiger partial charge in [0, 0.05) is 5.56 Å². The summed E-state index contributed by atoms with van der Waals surface area (Å²) in [6, 6.07) is 49.1. The number of hydrogen-bond donors (Lipinski definition) is 0. The number of nitrogens with zero attached hydrogens (tertiary/aromatic N) is 1. The normalized spacial score (nSPS) is 11.5. The van der Waals surface area contributed by atoms with E-state index in [1.54, 1.807) is 0 Å². The van der Waals surface area contributed by atoms with Crippen LogP contribution in [-0.4, -0.2) is 4.98 Å². The molecule has 0 saturated carbocycles. The maximum Gasteiger partial charge on any atom is 0.227 e. The molecule has 0 N–H and O–H groups in total. The van der Waals surface area contributed by atoms with Gasteiger partial charge in [-0.2, -0.15) is 0 Å². The zero-order valence-corrected chi connectivity index (χ0v) is 22.6. The smallest absolute Gasteiger partial charge is 0.227 e. The molecule has 0 atom stereocenters. The third-order valence-electron chi connectivity index (χ3n) is 7.95. The van der Waals surface area contributed by atoms with Gasteiger partial charge in [-0.05, 0) is 116 Å². The first-order valence-electron chi connectivity index (χ1n) is 14.0. The third-order valence-corrected chi connectivity index (χ3v) is 7.95. The Bertz CT molecular complexity index is 2210. The summed E-state index contributed by atoms with van der Waals surface area (Å²) in [7, 11) is 0. The van der Waals surface area contributed by atoms with E-state index in [1.807, 2.05) is 36.4 Å². The molecule has 8 rings (SSSR count). The Morgan fingerprint density at radius 3 is 1.31 bits per heavy atom. The molecule has 0 bridgehead atoms. The van der Waals surface area contributed by atoms with Crippen molar-refractivity contribution in [3.8, 4) is 44.8 Å². The van der Waals surface area contributed by atoms with Gasteiger partial charge in [0.15, 0.2) is 5.58 Å². The van der Waals surface area contributed by atoms with Gasteiger partial charge in [-0.3, -0.25) is 0 Å². The van der Waals surface area contributed by atoms with Crippen molar-refractivity contribution < 1.29 is 8.81 Å². The molecule has 0 radical (unpaired) electrons. The number of aromatic nitrogens is 1. The molecular formula is C39H24FNO. The van der Waals surface area contributed by atoms with Crippen LogP contribution in [0.2, 0.25) is 0 Å². The van der Waals surface area contributed by atoms with Crippen molar-refractivity contribution in [1.82, 2.24) is 4.98 Å². The van der Waals surface area contributed by atoms with Crippen LogP contribution in [0.15, 0.2) is 150 Å². The van der Waals surface area contributed by atoms with Gasteiger partial charge >= 0.3 is 0 Å². The zero-order valence-electron chi connectivity index (χ0n) is 22.6. The van der Waals surface area contributed by atoms with Gasteiger partial charge in [0.2, 0.25) is 5.89 Å². The van der Waals surface area contributed by atoms with Gasteiger partial charge in [-0.1, -0.05) is 84.9 Å². The minimum absolute atomic E-state index is 0.220. The molecule has 198 valence electrons. The molecule has 0 aliphatic carbocycles. The SMILES string of the molecule is Fc1ccc(-c2ccc3cc(-c4ccc5cc(-c6ccc(-c7nc8ccccc8o7)cc6)ccc5c4)ccc3c2)cc1. The van der Waals surface area contributed by atoms with Crippen molar-refractivity contribution >= 4 is 32.6 Å². The number of fused-ring (bicyclic) bond motifs is 3. The fourth-order valence-corrected chi connectivity index (χ4v) is 5.65. The average molecular weight is 542 g/mol. The lowest BCUT2D eigenvalue weighted by molar-refractivity contribution is 0.620. The molecule has 42 heavy (non-hydrogen) atoms.